The number of hydrogen-bond donors (Lipinski definition) is 1. The average Bonchev–Trinajstić information content (AvgIpc) is 2.59. The first-order valence-corrected chi connectivity index (χ1v) is 7.42. The Bertz CT molecular complexity index is 652. The van der Waals surface area contributed by atoms with Crippen molar-refractivity contribution in [2.75, 3.05) is 19.8 Å². The third-order valence-electron chi connectivity index (χ3n) is 3.08. The van der Waals surface area contributed by atoms with Gasteiger partial charge in [-0.3, -0.25) is 9.59 Å². The van der Waals surface area contributed by atoms with Crippen LogP contribution in [-0.4, -0.2) is 32.0 Å². The fourth-order valence-corrected chi connectivity index (χ4v) is 1.97. The minimum absolute atomic E-state index is 0.200. The molecule has 0 aliphatic carbocycles. The molecule has 2 rings (SSSR count). The molecule has 120 valence electrons. The lowest BCUT2D eigenvalue weighted by Crippen LogP contribution is -2.28. The van der Waals surface area contributed by atoms with Crippen LogP contribution in [0.15, 0.2) is 48.5 Å². The lowest BCUT2D eigenvalue weighted by molar-refractivity contribution is 0.0946. The summed E-state index contributed by atoms with van der Waals surface area (Å²) in [6, 6.07) is 13.8. The molecule has 0 fully saturated rings. The van der Waals surface area contributed by atoms with E-state index in [0.29, 0.717) is 36.6 Å². The largest absolute Gasteiger partial charge is 0.494 e. The van der Waals surface area contributed by atoms with Gasteiger partial charge in [0.25, 0.3) is 5.91 Å². The Morgan fingerprint density at radius 2 is 1.78 bits per heavy atom. The van der Waals surface area contributed by atoms with Crippen molar-refractivity contribution in [2.45, 2.75) is 6.92 Å². The van der Waals surface area contributed by atoms with Gasteiger partial charge in [0.2, 0.25) is 0 Å². The predicted molar refractivity (Wildman–Crippen MR) is 87.3 cm³/mol. The fraction of sp³-hybridized carbons (Fsp3) is 0.222. The van der Waals surface area contributed by atoms with Crippen LogP contribution in [0, 0.1) is 0 Å². The van der Waals surface area contributed by atoms with Crippen molar-refractivity contribution in [3.8, 4) is 11.5 Å². The van der Waals surface area contributed by atoms with Gasteiger partial charge in [-0.25, -0.2) is 0 Å². The van der Waals surface area contributed by atoms with Crippen LogP contribution >= 0.6 is 0 Å². The first-order chi connectivity index (χ1) is 11.2. The SMILES string of the molecule is CCOc1cccc(OCCNC(=O)c2ccc(C=O)cc2)c1. The fourth-order valence-electron chi connectivity index (χ4n) is 1.97. The van der Waals surface area contributed by atoms with Crippen LogP contribution in [0.5, 0.6) is 11.5 Å². The molecule has 2 aromatic carbocycles. The highest BCUT2D eigenvalue weighted by molar-refractivity contribution is 5.94. The summed E-state index contributed by atoms with van der Waals surface area (Å²) in [5.74, 6) is 1.25. The average molecular weight is 313 g/mol. The van der Waals surface area contributed by atoms with Gasteiger partial charge in [-0.2, -0.15) is 0 Å². The molecule has 0 spiro atoms. The van der Waals surface area contributed by atoms with E-state index in [4.69, 9.17) is 9.47 Å². The second-order valence-corrected chi connectivity index (χ2v) is 4.75. The smallest absolute Gasteiger partial charge is 0.251 e. The molecule has 0 unspecified atom stereocenters. The van der Waals surface area contributed by atoms with Crippen LogP contribution in [0.4, 0.5) is 0 Å². The molecule has 0 saturated carbocycles. The maximum absolute atomic E-state index is 11.9. The lowest BCUT2D eigenvalue weighted by atomic mass is 10.1. The third-order valence-corrected chi connectivity index (χ3v) is 3.08. The van der Waals surface area contributed by atoms with Crippen molar-refractivity contribution in [2.24, 2.45) is 0 Å². The molecule has 0 atom stereocenters. The van der Waals surface area contributed by atoms with Crippen LogP contribution in [0.2, 0.25) is 0 Å². The van der Waals surface area contributed by atoms with Crippen LogP contribution in [0.3, 0.4) is 0 Å². The number of carbonyl (C=O) groups excluding carboxylic acids is 2. The van der Waals surface area contributed by atoms with Gasteiger partial charge in [-0.1, -0.05) is 18.2 Å². The Morgan fingerprint density at radius 1 is 1.09 bits per heavy atom. The summed E-state index contributed by atoms with van der Waals surface area (Å²) in [6.07, 6.45) is 0.742. The van der Waals surface area contributed by atoms with E-state index >= 15 is 0 Å². The highest BCUT2D eigenvalue weighted by atomic mass is 16.5. The molecule has 0 aliphatic heterocycles. The van der Waals surface area contributed by atoms with E-state index in [1.807, 2.05) is 31.2 Å². The molecule has 0 saturated heterocycles. The quantitative estimate of drug-likeness (QED) is 0.601. The Hall–Kier alpha value is -2.82. The lowest BCUT2D eigenvalue weighted by Gasteiger charge is -2.09. The zero-order valence-electron chi connectivity index (χ0n) is 13.0. The summed E-state index contributed by atoms with van der Waals surface area (Å²) in [6.45, 7) is 3.26. The van der Waals surface area contributed by atoms with Gasteiger partial charge in [0, 0.05) is 17.2 Å². The molecule has 0 aliphatic rings. The van der Waals surface area contributed by atoms with Crippen molar-refractivity contribution in [3.63, 3.8) is 0 Å². The second-order valence-electron chi connectivity index (χ2n) is 4.75. The number of nitrogens with one attached hydrogen (secondary N) is 1. The molecule has 5 nitrogen and oxygen atoms in total. The predicted octanol–water partition coefficient (Wildman–Crippen LogP) is 2.71. The molecule has 23 heavy (non-hydrogen) atoms. The molecule has 5 heteroatoms. The zero-order valence-corrected chi connectivity index (χ0v) is 13.0. The standard InChI is InChI=1S/C18H19NO4/c1-2-22-16-4-3-5-17(12-16)23-11-10-19-18(21)15-8-6-14(13-20)7-9-15/h3-9,12-13H,2,10-11H2,1H3,(H,19,21). The van der Waals surface area contributed by atoms with E-state index in [-0.39, 0.29) is 5.91 Å². The molecule has 2 aromatic rings. The minimum atomic E-state index is -0.200. The first kappa shape index (κ1) is 16.5. The maximum atomic E-state index is 11.9. The van der Waals surface area contributed by atoms with Gasteiger partial charge in [-0.05, 0) is 31.2 Å². The van der Waals surface area contributed by atoms with E-state index in [9.17, 15) is 9.59 Å². The molecular weight excluding hydrogens is 294 g/mol. The Labute approximate surface area is 135 Å². The number of benzene rings is 2. The van der Waals surface area contributed by atoms with Crippen molar-refractivity contribution in [3.05, 3.63) is 59.7 Å². The van der Waals surface area contributed by atoms with Crippen molar-refractivity contribution in [1.29, 1.82) is 0 Å². The Balaban J connectivity index is 1.77. The highest BCUT2D eigenvalue weighted by Crippen LogP contribution is 2.19. The summed E-state index contributed by atoms with van der Waals surface area (Å²) in [5, 5.41) is 2.76. The molecule has 1 amide bonds. The Morgan fingerprint density at radius 3 is 2.43 bits per heavy atom. The minimum Gasteiger partial charge on any atom is -0.494 e. The monoisotopic (exact) mass is 313 g/mol. The summed E-state index contributed by atoms with van der Waals surface area (Å²) >= 11 is 0. The van der Waals surface area contributed by atoms with Crippen molar-refractivity contribution < 1.29 is 19.1 Å². The number of aldehydes is 1. The molecule has 0 radical (unpaired) electrons. The van der Waals surface area contributed by atoms with Crippen molar-refractivity contribution >= 4 is 12.2 Å². The molecule has 1 N–H and O–H groups in total. The highest BCUT2D eigenvalue weighted by Gasteiger charge is 2.04. The second kappa shape index (κ2) is 8.58. The van der Waals surface area contributed by atoms with E-state index in [2.05, 4.69) is 5.32 Å². The third kappa shape index (κ3) is 5.14. The summed E-state index contributed by atoms with van der Waals surface area (Å²) in [5.41, 5.74) is 1.05. The van der Waals surface area contributed by atoms with Crippen LogP contribution in [0.25, 0.3) is 0 Å². The number of hydrogen-bond acceptors (Lipinski definition) is 4. The van der Waals surface area contributed by atoms with E-state index in [1.54, 1.807) is 24.3 Å². The number of rotatable bonds is 8. The van der Waals surface area contributed by atoms with Gasteiger partial charge in [0.1, 0.15) is 24.4 Å². The van der Waals surface area contributed by atoms with Gasteiger partial charge in [0.05, 0.1) is 13.2 Å². The summed E-state index contributed by atoms with van der Waals surface area (Å²) < 4.78 is 11.0. The zero-order chi connectivity index (χ0) is 16.5. The van der Waals surface area contributed by atoms with Gasteiger partial charge in [0.15, 0.2) is 0 Å². The molecular formula is C18H19NO4. The van der Waals surface area contributed by atoms with Gasteiger partial charge in [-0.15, -0.1) is 0 Å². The Kier molecular flexibility index (Phi) is 6.17. The number of carbonyl (C=O) groups is 2. The van der Waals surface area contributed by atoms with Crippen molar-refractivity contribution in [1.82, 2.24) is 5.32 Å². The first-order valence-electron chi connectivity index (χ1n) is 7.42. The van der Waals surface area contributed by atoms with Crippen LogP contribution in [0.1, 0.15) is 27.6 Å². The van der Waals surface area contributed by atoms with Gasteiger partial charge < -0.3 is 14.8 Å². The normalized spacial score (nSPS) is 9.96. The number of ether oxygens (including phenoxy) is 2. The summed E-state index contributed by atoms with van der Waals surface area (Å²) in [7, 11) is 0. The molecule has 0 aromatic heterocycles. The molecule has 0 bridgehead atoms. The molecule has 0 heterocycles. The summed E-state index contributed by atoms with van der Waals surface area (Å²) in [4.78, 5) is 22.5. The van der Waals surface area contributed by atoms with E-state index in [0.717, 1.165) is 12.0 Å². The van der Waals surface area contributed by atoms with Gasteiger partial charge >= 0.3 is 0 Å². The van der Waals surface area contributed by atoms with Crippen LogP contribution < -0.4 is 14.8 Å². The number of amides is 1. The topological polar surface area (TPSA) is 64.6 Å². The van der Waals surface area contributed by atoms with E-state index in [1.165, 1.54) is 0 Å². The van der Waals surface area contributed by atoms with E-state index < -0.39 is 0 Å². The van der Waals surface area contributed by atoms with Crippen LogP contribution in [-0.2, 0) is 0 Å². The maximum Gasteiger partial charge on any atom is 0.251 e.